The first-order valence-corrected chi connectivity index (χ1v) is 11.7. The Bertz CT molecular complexity index is 722. The second-order valence-corrected chi connectivity index (χ2v) is 9.23. The van der Waals surface area contributed by atoms with Crippen LogP contribution in [0.15, 0.2) is 4.99 Å². The summed E-state index contributed by atoms with van der Waals surface area (Å²) in [4.78, 5) is 53.8. The van der Waals surface area contributed by atoms with Crippen molar-refractivity contribution < 1.29 is 24.3 Å². The van der Waals surface area contributed by atoms with E-state index in [0.717, 1.165) is 0 Å². The molecule has 0 heterocycles. The molecule has 3 amide bonds. The second-order valence-electron chi connectivity index (χ2n) is 9.23. The molecule has 5 unspecified atom stereocenters. The molecule has 0 fully saturated rings. The fraction of sp³-hybridized carbons (Fsp3) is 0.773. The predicted molar refractivity (Wildman–Crippen MR) is 130 cm³/mol. The molecule has 34 heavy (non-hydrogen) atoms. The van der Waals surface area contributed by atoms with Crippen molar-refractivity contribution in [2.45, 2.75) is 85.0 Å². The average Bonchev–Trinajstić information content (AvgIpc) is 2.74. The lowest BCUT2D eigenvalue weighted by Crippen LogP contribution is -2.60. The molecule has 0 aromatic heterocycles. The normalized spacial score (nSPS) is 15.6. The first kappa shape index (κ1) is 31.1. The molecule has 0 saturated heterocycles. The van der Waals surface area contributed by atoms with E-state index in [-0.39, 0.29) is 23.7 Å². The second kappa shape index (κ2) is 15.1. The molecule has 0 radical (unpaired) electrons. The lowest BCUT2D eigenvalue weighted by Gasteiger charge is -2.30. The number of hydrogen-bond donors (Lipinski definition) is 7. The molecule has 12 heteroatoms. The third kappa shape index (κ3) is 10.8. The monoisotopic (exact) mass is 485 g/mol. The Kier molecular flexibility index (Phi) is 13.8. The number of carbonyl (C=O) groups excluding carboxylic acids is 3. The molecular weight excluding hydrogens is 442 g/mol. The Morgan fingerprint density at radius 3 is 1.74 bits per heavy atom. The zero-order chi connectivity index (χ0) is 26.6. The van der Waals surface area contributed by atoms with Crippen molar-refractivity contribution in [1.29, 1.82) is 0 Å². The van der Waals surface area contributed by atoms with E-state index in [4.69, 9.17) is 17.2 Å². The number of aliphatic carboxylic acids is 1. The number of carbonyl (C=O) groups is 4. The summed E-state index contributed by atoms with van der Waals surface area (Å²) in [6.07, 6.45) is 1.37. The number of carboxylic acid groups (broad SMARTS) is 1. The molecule has 0 aromatic rings. The van der Waals surface area contributed by atoms with Crippen molar-refractivity contribution in [3.8, 4) is 0 Å². The number of hydrogen-bond acceptors (Lipinski definition) is 6. The summed E-state index contributed by atoms with van der Waals surface area (Å²) < 4.78 is 0. The van der Waals surface area contributed by atoms with Crippen molar-refractivity contribution in [2.24, 2.45) is 39.9 Å². The lowest BCUT2D eigenvalue weighted by molar-refractivity contribution is -0.144. The molecule has 12 nitrogen and oxygen atoms in total. The highest BCUT2D eigenvalue weighted by Crippen LogP contribution is 2.12. The van der Waals surface area contributed by atoms with E-state index in [1.54, 1.807) is 34.6 Å². The van der Waals surface area contributed by atoms with E-state index in [2.05, 4.69) is 20.9 Å². The summed E-state index contributed by atoms with van der Waals surface area (Å²) >= 11 is 0. The Hall–Kier alpha value is -2.89. The van der Waals surface area contributed by atoms with Crippen LogP contribution in [0.5, 0.6) is 0 Å². The zero-order valence-electron chi connectivity index (χ0n) is 21.1. The quantitative estimate of drug-likeness (QED) is 0.0888. The molecule has 0 aliphatic heterocycles. The fourth-order valence-electron chi connectivity index (χ4n) is 3.15. The van der Waals surface area contributed by atoms with Gasteiger partial charge in [-0.05, 0) is 30.6 Å². The molecule has 0 rings (SSSR count). The maximum atomic E-state index is 13.1. The van der Waals surface area contributed by atoms with Crippen LogP contribution in [-0.4, -0.2) is 65.5 Å². The van der Waals surface area contributed by atoms with Crippen molar-refractivity contribution in [3.63, 3.8) is 0 Å². The van der Waals surface area contributed by atoms with Gasteiger partial charge in [0.2, 0.25) is 17.7 Å². The van der Waals surface area contributed by atoms with Gasteiger partial charge in [0, 0.05) is 6.54 Å². The third-order valence-corrected chi connectivity index (χ3v) is 5.57. The predicted octanol–water partition coefficient (Wildman–Crippen LogP) is -0.736. The first-order chi connectivity index (χ1) is 15.7. The number of rotatable bonds is 15. The zero-order valence-corrected chi connectivity index (χ0v) is 21.1. The van der Waals surface area contributed by atoms with Gasteiger partial charge in [-0.2, -0.15) is 0 Å². The van der Waals surface area contributed by atoms with Crippen LogP contribution in [0.4, 0.5) is 0 Å². The van der Waals surface area contributed by atoms with Crippen LogP contribution >= 0.6 is 0 Å². The van der Waals surface area contributed by atoms with E-state index >= 15 is 0 Å². The van der Waals surface area contributed by atoms with Gasteiger partial charge in [0.25, 0.3) is 0 Å². The van der Waals surface area contributed by atoms with Gasteiger partial charge in [-0.1, -0.05) is 48.0 Å². The highest BCUT2D eigenvalue weighted by Gasteiger charge is 2.34. The van der Waals surface area contributed by atoms with Crippen molar-refractivity contribution >= 4 is 29.7 Å². The molecule has 0 aromatic carbocycles. The molecule has 0 saturated carbocycles. The Morgan fingerprint density at radius 2 is 1.29 bits per heavy atom. The van der Waals surface area contributed by atoms with Gasteiger partial charge in [0.15, 0.2) is 5.96 Å². The van der Waals surface area contributed by atoms with E-state index in [1.807, 2.05) is 6.92 Å². The Balaban J connectivity index is 5.34. The van der Waals surface area contributed by atoms with Gasteiger partial charge < -0.3 is 38.3 Å². The summed E-state index contributed by atoms with van der Waals surface area (Å²) in [5, 5.41) is 17.3. The van der Waals surface area contributed by atoms with Crippen LogP contribution in [0.3, 0.4) is 0 Å². The van der Waals surface area contributed by atoms with Gasteiger partial charge >= 0.3 is 5.97 Å². The molecule has 0 bridgehead atoms. The van der Waals surface area contributed by atoms with Gasteiger partial charge in [-0.3, -0.25) is 19.4 Å². The summed E-state index contributed by atoms with van der Waals surface area (Å²) in [6, 6.07) is -3.85. The maximum absolute atomic E-state index is 13.1. The molecule has 5 atom stereocenters. The molecule has 196 valence electrons. The minimum Gasteiger partial charge on any atom is -0.480 e. The van der Waals surface area contributed by atoms with Gasteiger partial charge in [0.1, 0.15) is 18.1 Å². The number of nitrogens with zero attached hydrogens (tertiary/aromatic N) is 1. The smallest absolute Gasteiger partial charge is 0.326 e. The Labute approximate surface area is 201 Å². The van der Waals surface area contributed by atoms with Crippen LogP contribution in [0.1, 0.15) is 60.8 Å². The van der Waals surface area contributed by atoms with E-state index in [1.165, 1.54) is 0 Å². The van der Waals surface area contributed by atoms with Gasteiger partial charge in [-0.25, -0.2) is 4.79 Å². The van der Waals surface area contributed by atoms with Gasteiger partial charge in [-0.15, -0.1) is 0 Å². The Morgan fingerprint density at radius 1 is 0.824 bits per heavy atom. The van der Waals surface area contributed by atoms with E-state index < -0.39 is 47.9 Å². The number of aliphatic imine (C=N–C) groups is 1. The number of carboxylic acids is 1. The van der Waals surface area contributed by atoms with Crippen LogP contribution in [0, 0.1) is 17.8 Å². The van der Waals surface area contributed by atoms with Crippen molar-refractivity contribution in [3.05, 3.63) is 0 Å². The van der Waals surface area contributed by atoms with Crippen LogP contribution in [-0.2, 0) is 19.2 Å². The van der Waals surface area contributed by atoms with Crippen LogP contribution < -0.4 is 33.2 Å². The maximum Gasteiger partial charge on any atom is 0.326 e. The minimum atomic E-state index is -1.15. The summed E-state index contributed by atoms with van der Waals surface area (Å²) in [5.74, 6) is -3.74. The highest BCUT2D eigenvalue weighted by atomic mass is 16.4. The largest absolute Gasteiger partial charge is 0.480 e. The average molecular weight is 486 g/mol. The SMILES string of the molecule is CCC(C)C(NC(=O)C(NC(=O)C(N)CCCN=C(N)N)C(C)C)C(=O)NC(C(=O)O)C(C)C. The van der Waals surface area contributed by atoms with E-state index in [0.29, 0.717) is 25.8 Å². The number of nitrogens with one attached hydrogen (secondary N) is 3. The molecule has 0 aliphatic carbocycles. The number of nitrogens with two attached hydrogens (primary N) is 3. The van der Waals surface area contributed by atoms with Crippen LogP contribution in [0.2, 0.25) is 0 Å². The molecule has 0 aliphatic rings. The lowest BCUT2D eigenvalue weighted by atomic mass is 9.95. The highest BCUT2D eigenvalue weighted by molar-refractivity contribution is 5.94. The number of guanidine groups is 1. The standard InChI is InChI=1S/C22H43N7O5/c1-7-13(6)17(20(32)28-16(12(4)5)21(33)34)29-19(31)15(11(2)3)27-18(30)14(23)9-8-10-26-22(24)25/h11-17H,7-10,23H2,1-6H3,(H,27,30)(H,28,32)(H,29,31)(H,33,34)(H4,24,25,26). The summed E-state index contributed by atoms with van der Waals surface area (Å²) in [5.41, 5.74) is 16.5. The minimum absolute atomic E-state index is 0.0439. The topological polar surface area (TPSA) is 215 Å². The summed E-state index contributed by atoms with van der Waals surface area (Å²) in [7, 11) is 0. The van der Waals surface area contributed by atoms with E-state index in [9.17, 15) is 24.3 Å². The molecular formula is C22H43N7O5. The number of amides is 3. The van der Waals surface area contributed by atoms with Crippen LogP contribution in [0.25, 0.3) is 0 Å². The molecule has 0 spiro atoms. The van der Waals surface area contributed by atoms with Crippen molar-refractivity contribution in [2.75, 3.05) is 6.54 Å². The summed E-state index contributed by atoms with van der Waals surface area (Å²) in [6.45, 7) is 10.8. The van der Waals surface area contributed by atoms with Gasteiger partial charge in [0.05, 0.1) is 6.04 Å². The van der Waals surface area contributed by atoms with Crippen molar-refractivity contribution in [1.82, 2.24) is 16.0 Å². The fourth-order valence-corrected chi connectivity index (χ4v) is 3.15. The first-order valence-electron chi connectivity index (χ1n) is 11.7. The molecule has 10 N–H and O–H groups in total. The third-order valence-electron chi connectivity index (χ3n) is 5.57.